The molecule has 2 rings (SSSR count). The van der Waals surface area contributed by atoms with Gasteiger partial charge in [0.2, 0.25) is 0 Å². The van der Waals surface area contributed by atoms with Crippen LogP contribution in [-0.2, 0) is 6.54 Å². The number of nitrogens with one attached hydrogen (secondary N) is 1. The standard InChI is InChI=1S/C16H26ClN3/c1-16(2,3)18-12-13-6-5-7-14(17)15(13)20-10-8-19(4)9-11-20/h5-7,18H,8-12H2,1-4H3. The van der Waals surface area contributed by atoms with Crippen molar-refractivity contribution in [1.82, 2.24) is 10.2 Å². The lowest BCUT2D eigenvalue weighted by Gasteiger charge is -2.36. The third-order valence-electron chi connectivity index (χ3n) is 3.70. The third-order valence-corrected chi connectivity index (χ3v) is 4.00. The van der Waals surface area contributed by atoms with Gasteiger partial charge in [-0.3, -0.25) is 0 Å². The van der Waals surface area contributed by atoms with E-state index in [4.69, 9.17) is 11.6 Å². The average Bonchev–Trinajstić information content (AvgIpc) is 2.37. The van der Waals surface area contributed by atoms with Crippen molar-refractivity contribution in [2.24, 2.45) is 0 Å². The summed E-state index contributed by atoms with van der Waals surface area (Å²) in [6, 6.07) is 6.22. The first-order valence-electron chi connectivity index (χ1n) is 7.33. The molecule has 0 saturated carbocycles. The van der Waals surface area contributed by atoms with Crippen molar-refractivity contribution >= 4 is 17.3 Å². The Morgan fingerprint density at radius 1 is 1.15 bits per heavy atom. The quantitative estimate of drug-likeness (QED) is 0.925. The highest BCUT2D eigenvalue weighted by atomic mass is 35.5. The van der Waals surface area contributed by atoms with E-state index < -0.39 is 0 Å². The molecule has 1 fully saturated rings. The first kappa shape index (κ1) is 15.6. The number of halogens is 1. The van der Waals surface area contributed by atoms with E-state index in [1.165, 1.54) is 11.3 Å². The van der Waals surface area contributed by atoms with Gasteiger partial charge < -0.3 is 15.1 Å². The van der Waals surface area contributed by atoms with E-state index in [1.807, 2.05) is 12.1 Å². The van der Waals surface area contributed by atoms with E-state index in [-0.39, 0.29) is 5.54 Å². The maximum atomic E-state index is 6.47. The molecule has 3 nitrogen and oxygen atoms in total. The SMILES string of the molecule is CN1CCN(c2c(Cl)cccc2CNC(C)(C)C)CC1. The first-order valence-corrected chi connectivity index (χ1v) is 7.70. The zero-order valence-corrected chi connectivity index (χ0v) is 13.8. The fraction of sp³-hybridized carbons (Fsp3) is 0.625. The van der Waals surface area contributed by atoms with Crippen LogP contribution in [0.4, 0.5) is 5.69 Å². The number of hydrogen-bond acceptors (Lipinski definition) is 3. The molecule has 1 aromatic carbocycles. The van der Waals surface area contributed by atoms with Gasteiger partial charge in [0.05, 0.1) is 10.7 Å². The molecule has 1 aliphatic rings. The molecule has 0 atom stereocenters. The van der Waals surface area contributed by atoms with E-state index >= 15 is 0 Å². The lowest BCUT2D eigenvalue weighted by Crippen LogP contribution is -2.45. The number of rotatable bonds is 3. The average molecular weight is 296 g/mol. The lowest BCUT2D eigenvalue weighted by atomic mass is 10.1. The number of piperazine rings is 1. The molecule has 1 N–H and O–H groups in total. The molecule has 0 aromatic heterocycles. The Hall–Kier alpha value is -0.770. The van der Waals surface area contributed by atoms with Gasteiger partial charge in [-0.2, -0.15) is 0 Å². The predicted molar refractivity (Wildman–Crippen MR) is 87.8 cm³/mol. The fourth-order valence-corrected chi connectivity index (χ4v) is 2.76. The van der Waals surface area contributed by atoms with Crippen molar-refractivity contribution in [3.63, 3.8) is 0 Å². The van der Waals surface area contributed by atoms with Crippen LogP contribution in [0, 0.1) is 0 Å². The van der Waals surface area contributed by atoms with Crippen LogP contribution in [0.25, 0.3) is 0 Å². The molecule has 0 spiro atoms. The molecule has 1 aliphatic heterocycles. The Morgan fingerprint density at radius 2 is 1.80 bits per heavy atom. The van der Waals surface area contributed by atoms with Crippen molar-refractivity contribution in [2.75, 3.05) is 38.1 Å². The summed E-state index contributed by atoms with van der Waals surface area (Å²) >= 11 is 6.47. The van der Waals surface area contributed by atoms with Crippen LogP contribution in [0.3, 0.4) is 0 Å². The largest absolute Gasteiger partial charge is 0.368 e. The molecule has 0 amide bonds. The summed E-state index contributed by atoms with van der Waals surface area (Å²) in [5.41, 5.74) is 2.61. The lowest BCUT2D eigenvalue weighted by molar-refractivity contribution is 0.312. The second-order valence-corrected chi connectivity index (χ2v) is 7.05. The van der Waals surface area contributed by atoms with Crippen LogP contribution in [0.1, 0.15) is 26.3 Å². The van der Waals surface area contributed by atoms with Gasteiger partial charge in [-0.05, 0) is 39.4 Å². The Balaban J connectivity index is 2.18. The molecule has 0 unspecified atom stereocenters. The van der Waals surface area contributed by atoms with Crippen LogP contribution in [-0.4, -0.2) is 43.7 Å². The zero-order valence-electron chi connectivity index (χ0n) is 13.0. The monoisotopic (exact) mass is 295 g/mol. The predicted octanol–water partition coefficient (Wildman–Crippen LogP) is 2.98. The van der Waals surface area contributed by atoms with E-state index in [2.05, 4.69) is 49.0 Å². The van der Waals surface area contributed by atoms with Gasteiger partial charge >= 0.3 is 0 Å². The summed E-state index contributed by atoms with van der Waals surface area (Å²) in [5.74, 6) is 0. The number of benzene rings is 1. The highest BCUT2D eigenvalue weighted by Gasteiger charge is 2.20. The summed E-state index contributed by atoms with van der Waals surface area (Å²) in [6.07, 6.45) is 0. The highest BCUT2D eigenvalue weighted by molar-refractivity contribution is 6.33. The van der Waals surface area contributed by atoms with Crippen molar-refractivity contribution < 1.29 is 0 Å². The summed E-state index contributed by atoms with van der Waals surface area (Å²) in [6.45, 7) is 11.7. The normalized spacial score (nSPS) is 17.6. The second kappa shape index (κ2) is 6.33. The third kappa shape index (κ3) is 4.11. The summed E-state index contributed by atoms with van der Waals surface area (Å²) in [4.78, 5) is 4.78. The Kier molecular flexibility index (Phi) is 4.95. The van der Waals surface area contributed by atoms with Crippen molar-refractivity contribution in [3.05, 3.63) is 28.8 Å². The van der Waals surface area contributed by atoms with Crippen molar-refractivity contribution in [3.8, 4) is 0 Å². The van der Waals surface area contributed by atoms with E-state index in [0.29, 0.717) is 0 Å². The van der Waals surface area contributed by atoms with Crippen LogP contribution >= 0.6 is 11.6 Å². The number of likely N-dealkylation sites (N-methyl/N-ethyl adjacent to an activating group) is 1. The van der Waals surface area contributed by atoms with Crippen LogP contribution in [0.2, 0.25) is 5.02 Å². The van der Waals surface area contributed by atoms with Crippen molar-refractivity contribution in [1.29, 1.82) is 0 Å². The topological polar surface area (TPSA) is 18.5 Å². The Labute approximate surface area is 127 Å². The van der Waals surface area contributed by atoms with Crippen molar-refractivity contribution in [2.45, 2.75) is 32.9 Å². The van der Waals surface area contributed by atoms with Crippen LogP contribution in [0.5, 0.6) is 0 Å². The van der Waals surface area contributed by atoms with E-state index in [0.717, 1.165) is 37.7 Å². The molecule has 1 heterocycles. The molecular formula is C16H26ClN3. The molecule has 0 radical (unpaired) electrons. The van der Waals surface area contributed by atoms with Crippen LogP contribution in [0.15, 0.2) is 18.2 Å². The number of para-hydroxylation sites is 1. The van der Waals surface area contributed by atoms with Gasteiger partial charge in [0.1, 0.15) is 0 Å². The van der Waals surface area contributed by atoms with Gasteiger partial charge in [0, 0.05) is 38.3 Å². The molecule has 1 aromatic rings. The highest BCUT2D eigenvalue weighted by Crippen LogP contribution is 2.31. The number of nitrogens with zero attached hydrogens (tertiary/aromatic N) is 2. The Morgan fingerprint density at radius 3 is 2.40 bits per heavy atom. The van der Waals surface area contributed by atoms with Gasteiger partial charge in [0.15, 0.2) is 0 Å². The minimum Gasteiger partial charge on any atom is -0.368 e. The molecule has 112 valence electrons. The minimum atomic E-state index is 0.113. The van der Waals surface area contributed by atoms with Gasteiger partial charge in [-0.1, -0.05) is 23.7 Å². The smallest absolute Gasteiger partial charge is 0.0642 e. The van der Waals surface area contributed by atoms with Crippen LogP contribution < -0.4 is 10.2 Å². The zero-order chi connectivity index (χ0) is 14.8. The van der Waals surface area contributed by atoms with E-state index in [9.17, 15) is 0 Å². The molecule has 20 heavy (non-hydrogen) atoms. The molecule has 0 aliphatic carbocycles. The minimum absolute atomic E-state index is 0.113. The summed E-state index contributed by atoms with van der Waals surface area (Å²) in [5, 5.41) is 4.42. The molecule has 0 bridgehead atoms. The van der Waals surface area contributed by atoms with E-state index in [1.54, 1.807) is 0 Å². The summed E-state index contributed by atoms with van der Waals surface area (Å²) < 4.78 is 0. The molecule has 4 heteroatoms. The Bertz CT molecular complexity index is 446. The number of hydrogen-bond donors (Lipinski definition) is 1. The fourth-order valence-electron chi connectivity index (χ4n) is 2.45. The maximum Gasteiger partial charge on any atom is 0.0642 e. The van der Waals surface area contributed by atoms with Gasteiger partial charge in [-0.15, -0.1) is 0 Å². The molecular weight excluding hydrogens is 270 g/mol. The maximum absolute atomic E-state index is 6.47. The van der Waals surface area contributed by atoms with Gasteiger partial charge in [-0.25, -0.2) is 0 Å². The first-order chi connectivity index (χ1) is 9.37. The summed E-state index contributed by atoms with van der Waals surface area (Å²) in [7, 11) is 2.17. The number of anilines is 1. The molecule has 1 saturated heterocycles. The van der Waals surface area contributed by atoms with Gasteiger partial charge in [0.25, 0.3) is 0 Å². The second-order valence-electron chi connectivity index (χ2n) is 6.64.